The molecule has 1 unspecified atom stereocenters. The van der Waals surface area contributed by atoms with Crippen molar-refractivity contribution < 1.29 is 91.9 Å². The summed E-state index contributed by atoms with van der Waals surface area (Å²) in [5.74, 6) is -3.91. The first-order chi connectivity index (χ1) is 9.13. The van der Waals surface area contributed by atoms with Crippen LogP contribution >= 0.6 is 0 Å². The van der Waals surface area contributed by atoms with E-state index in [1.807, 2.05) is 0 Å². The van der Waals surface area contributed by atoms with Gasteiger partial charge in [0.15, 0.2) is 0 Å². The second-order valence-electron chi connectivity index (χ2n) is 4.86. The number of carboxylic acid groups (broad SMARTS) is 2. The molecule has 0 aromatic rings. The molecule has 118 valence electrons. The smallest absolute Gasteiger partial charge is 0.549 e. The van der Waals surface area contributed by atoms with Gasteiger partial charge in [-0.2, -0.15) is 8.42 Å². The summed E-state index contributed by atoms with van der Waals surface area (Å²) in [5, 5.41) is 20.0. The van der Waals surface area contributed by atoms with E-state index in [4.69, 9.17) is 4.55 Å². The molecule has 0 aromatic carbocycles. The number of carbonyl (C=O) groups excluding carboxylic acids is 2. The van der Waals surface area contributed by atoms with E-state index >= 15 is 0 Å². The zero-order chi connectivity index (χ0) is 16.0. The minimum Gasteiger partial charge on any atom is -0.549 e. The van der Waals surface area contributed by atoms with Crippen LogP contribution in [0, 0.1) is 5.41 Å². The SMILES string of the molecule is CCCCC(CCCC)(C(=O)[O-])C(C(=O)[O-])S(=O)(=O)O.[Na+].[Na+]. The number of carboxylic acids is 2. The molecular formula is C12H20Na2O7S. The van der Waals surface area contributed by atoms with Gasteiger partial charge in [-0.15, -0.1) is 0 Å². The molecular weight excluding hydrogens is 334 g/mol. The molecule has 22 heavy (non-hydrogen) atoms. The van der Waals surface area contributed by atoms with Crippen LogP contribution in [0.15, 0.2) is 0 Å². The van der Waals surface area contributed by atoms with Gasteiger partial charge in [-0.05, 0) is 12.8 Å². The normalized spacial score (nSPS) is 12.7. The Balaban J connectivity index is -0.00000180. The molecule has 0 amide bonds. The Hall–Kier alpha value is 0.850. The summed E-state index contributed by atoms with van der Waals surface area (Å²) >= 11 is 0. The maximum absolute atomic E-state index is 11.4. The van der Waals surface area contributed by atoms with E-state index in [-0.39, 0.29) is 72.0 Å². The predicted octanol–water partition coefficient (Wildman–Crippen LogP) is -6.88. The second-order valence-corrected chi connectivity index (χ2v) is 6.37. The van der Waals surface area contributed by atoms with E-state index in [0.717, 1.165) is 0 Å². The van der Waals surface area contributed by atoms with Crippen LogP contribution in [0.25, 0.3) is 0 Å². The molecule has 0 saturated heterocycles. The first kappa shape index (κ1) is 27.7. The molecule has 0 spiro atoms. The molecule has 0 fully saturated rings. The van der Waals surface area contributed by atoms with Gasteiger partial charge in [0.05, 0.1) is 5.97 Å². The number of rotatable bonds is 10. The third-order valence-electron chi connectivity index (χ3n) is 3.37. The Labute approximate surface area is 175 Å². The minimum absolute atomic E-state index is 0. The van der Waals surface area contributed by atoms with E-state index in [9.17, 15) is 28.2 Å². The largest absolute Gasteiger partial charge is 1.00 e. The van der Waals surface area contributed by atoms with E-state index in [0.29, 0.717) is 25.7 Å². The van der Waals surface area contributed by atoms with Crippen molar-refractivity contribution >= 4 is 22.1 Å². The van der Waals surface area contributed by atoms with Crippen molar-refractivity contribution in [3.05, 3.63) is 0 Å². The third-order valence-corrected chi connectivity index (χ3v) is 4.61. The summed E-state index contributed by atoms with van der Waals surface area (Å²) in [6.07, 6.45) is 1.29. The average Bonchev–Trinajstić information content (AvgIpc) is 2.29. The molecule has 10 heteroatoms. The second kappa shape index (κ2) is 12.2. The first-order valence-electron chi connectivity index (χ1n) is 6.52. The fourth-order valence-electron chi connectivity index (χ4n) is 2.32. The Morgan fingerprint density at radius 2 is 1.41 bits per heavy atom. The van der Waals surface area contributed by atoms with Crippen LogP contribution in [0.1, 0.15) is 52.4 Å². The van der Waals surface area contributed by atoms with Crippen LogP contribution < -0.4 is 69.3 Å². The van der Waals surface area contributed by atoms with Gasteiger partial charge in [0, 0.05) is 11.4 Å². The number of hydrogen-bond donors (Lipinski definition) is 1. The molecule has 7 nitrogen and oxygen atoms in total. The monoisotopic (exact) mass is 354 g/mol. The van der Waals surface area contributed by atoms with E-state index in [2.05, 4.69) is 0 Å². The standard InChI is InChI=1S/C12H22O7S.2Na/c1-3-5-7-12(11(15)16,8-6-4-2)9(10(13)14)20(17,18)19;;/h9H,3-8H2,1-2H3,(H,13,14)(H,15,16)(H,17,18,19);;/q;2*+1/p-2. The summed E-state index contributed by atoms with van der Waals surface area (Å²) in [6.45, 7) is 3.50. The van der Waals surface area contributed by atoms with Crippen LogP contribution in [-0.2, 0) is 19.7 Å². The zero-order valence-corrected chi connectivity index (χ0v) is 18.4. The molecule has 1 atom stereocenters. The number of carbonyl (C=O) groups is 2. The topological polar surface area (TPSA) is 135 Å². The van der Waals surface area contributed by atoms with Crippen molar-refractivity contribution in [3.8, 4) is 0 Å². The van der Waals surface area contributed by atoms with Gasteiger partial charge in [0.25, 0.3) is 10.1 Å². The van der Waals surface area contributed by atoms with Crippen LogP contribution in [0.5, 0.6) is 0 Å². The summed E-state index contributed by atoms with van der Waals surface area (Å²) in [5.41, 5.74) is -2.17. The van der Waals surface area contributed by atoms with Crippen molar-refractivity contribution in [1.82, 2.24) is 0 Å². The fourth-order valence-corrected chi connectivity index (χ4v) is 3.46. The fraction of sp³-hybridized carbons (Fsp3) is 0.833. The summed E-state index contributed by atoms with van der Waals surface area (Å²) in [6, 6.07) is 0. The van der Waals surface area contributed by atoms with Gasteiger partial charge in [0.1, 0.15) is 5.25 Å². The summed E-state index contributed by atoms with van der Waals surface area (Å²) in [4.78, 5) is 22.5. The molecule has 0 aliphatic heterocycles. The van der Waals surface area contributed by atoms with Gasteiger partial charge < -0.3 is 19.8 Å². The average molecular weight is 354 g/mol. The summed E-state index contributed by atoms with van der Waals surface area (Å²) in [7, 11) is -5.11. The Morgan fingerprint density at radius 3 is 1.59 bits per heavy atom. The Morgan fingerprint density at radius 1 is 1.05 bits per heavy atom. The van der Waals surface area contributed by atoms with Crippen molar-refractivity contribution in [2.24, 2.45) is 5.41 Å². The molecule has 0 radical (unpaired) electrons. The summed E-state index contributed by atoms with van der Waals surface area (Å²) < 4.78 is 31.7. The van der Waals surface area contributed by atoms with Crippen molar-refractivity contribution in [2.45, 2.75) is 57.6 Å². The number of aliphatic carboxylic acids is 2. The minimum atomic E-state index is -5.11. The quantitative estimate of drug-likeness (QED) is 0.304. The Bertz CT molecular complexity index is 442. The molecule has 1 N–H and O–H groups in total. The van der Waals surface area contributed by atoms with Crippen LogP contribution in [-0.4, -0.2) is 30.2 Å². The van der Waals surface area contributed by atoms with E-state index in [1.165, 1.54) is 0 Å². The number of hydrogen-bond acceptors (Lipinski definition) is 6. The third kappa shape index (κ3) is 7.61. The van der Waals surface area contributed by atoms with Crippen molar-refractivity contribution in [3.63, 3.8) is 0 Å². The first-order valence-corrected chi connectivity index (χ1v) is 8.02. The predicted molar refractivity (Wildman–Crippen MR) is 66.8 cm³/mol. The van der Waals surface area contributed by atoms with E-state index in [1.54, 1.807) is 13.8 Å². The molecule has 0 aliphatic rings. The van der Waals surface area contributed by atoms with Crippen molar-refractivity contribution in [2.75, 3.05) is 0 Å². The van der Waals surface area contributed by atoms with Gasteiger partial charge in [-0.3, -0.25) is 4.55 Å². The van der Waals surface area contributed by atoms with Crippen LogP contribution in [0.2, 0.25) is 0 Å². The molecule has 0 bridgehead atoms. The van der Waals surface area contributed by atoms with Gasteiger partial charge in [-0.1, -0.05) is 39.5 Å². The zero-order valence-electron chi connectivity index (χ0n) is 13.6. The maximum Gasteiger partial charge on any atom is 1.00 e. The van der Waals surface area contributed by atoms with Gasteiger partial charge >= 0.3 is 59.1 Å². The Kier molecular flexibility index (Phi) is 15.4. The van der Waals surface area contributed by atoms with Gasteiger partial charge in [-0.25, -0.2) is 0 Å². The molecule has 0 aromatic heterocycles. The van der Waals surface area contributed by atoms with Crippen LogP contribution in [0.3, 0.4) is 0 Å². The maximum atomic E-state index is 11.4. The van der Waals surface area contributed by atoms with E-state index < -0.39 is 32.7 Å². The molecule has 0 heterocycles. The van der Waals surface area contributed by atoms with Gasteiger partial charge in [0.2, 0.25) is 0 Å². The van der Waals surface area contributed by atoms with Crippen LogP contribution in [0.4, 0.5) is 0 Å². The van der Waals surface area contributed by atoms with Crippen molar-refractivity contribution in [1.29, 1.82) is 0 Å². The molecule has 0 saturated carbocycles. The number of unbranched alkanes of at least 4 members (excludes halogenated alkanes) is 2. The molecule has 0 rings (SSSR count). The molecule has 0 aliphatic carbocycles.